The van der Waals surface area contributed by atoms with Gasteiger partial charge in [-0.15, -0.1) is 0 Å². The number of carbonyl (C=O) groups excluding carboxylic acids is 2. The molecule has 2 aromatic carbocycles. The van der Waals surface area contributed by atoms with E-state index in [0.29, 0.717) is 13.1 Å². The minimum atomic E-state index is -0.218. The van der Waals surface area contributed by atoms with Gasteiger partial charge in [0.1, 0.15) is 0 Å². The number of benzene rings is 2. The van der Waals surface area contributed by atoms with Crippen molar-refractivity contribution in [2.24, 2.45) is 5.92 Å². The van der Waals surface area contributed by atoms with Crippen LogP contribution in [0.2, 0.25) is 0 Å². The molecule has 1 fully saturated rings. The molecule has 1 unspecified atom stereocenters. The third-order valence-electron chi connectivity index (χ3n) is 5.18. The molecular formula is C23H30N4O2. The van der Waals surface area contributed by atoms with Crippen LogP contribution in [0.3, 0.4) is 0 Å². The fourth-order valence-corrected chi connectivity index (χ4v) is 3.35. The Kier molecular flexibility index (Phi) is 7.25. The zero-order chi connectivity index (χ0) is 20.6. The van der Waals surface area contributed by atoms with Gasteiger partial charge in [0.05, 0.1) is 6.04 Å². The average molecular weight is 395 g/mol. The fourth-order valence-electron chi connectivity index (χ4n) is 3.35. The zero-order valence-corrected chi connectivity index (χ0v) is 17.2. The molecular weight excluding hydrogens is 364 g/mol. The molecule has 0 radical (unpaired) electrons. The van der Waals surface area contributed by atoms with E-state index in [0.717, 1.165) is 36.1 Å². The van der Waals surface area contributed by atoms with Crippen molar-refractivity contribution in [1.29, 1.82) is 0 Å². The van der Waals surface area contributed by atoms with E-state index >= 15 is 0 Å². The second-order valence-electron chi connectivity index (χ2n) is 7.87. The highest BCUT2D eigenvalue weighted by atomic mass is 16.2. The number of amides is 3. The fraction of sp³-hybridized carbons (Fsp3) is 0.391. The van der Waals surface area contributed by atoms with Crippen LogP contribution in [0.15, 0.2) is 54.6 Å². The van der Waals surface area contributed by atoms with Crippen LogP contribution >= 0.6 is 0 Å². The summed E-state index contributed by atoms with van der Waals surface area (Å²) in [5, 5.41) is 8.94. The summed E-state index contributed by atoms with van der Waals surface area (Å²) in [6.07, 6.45) is 3.08. The number of hydrogen-bond acceptors (Lipinski definition) is 3. The Labute approximate surface area is 172 Å². The van der Waals surface area contributed by atoms with Crippen molar-refractivity contribution >= 4 is 17.6 Å². The highest BCUT2D eigenvalue weighted by molar-refractivity contribution is 5.93. The third kappa shape index (κ3) is 6.32. The van der Waals surface area contributed by atoms with Crippen LogP contribution in [0.5, 0.6) is 0 Å². The van der Waals surface area contributed by atoms with E-state index in [9.17, 15) is 9.59 Å². The third-order valence-corrected chi connectivity index (χ3v) is 5.18. The molecule has 6 heteroatoms. The second-order valence-corrected chi connectivity index (χ2v) is 7.87. The maximum Gasteiger partial charge on any atom is 0.315 e. The molecule has 1 aliphatic rings. The van der Waals surface area contributed by atoms with Gasteiger partial charge in [0.15, 0.2) is 0 Å². The Hall–Kier alpha value is -2.86. The second kappa shape index (κ2) is 10.1. The van der Waals surface area contributed by atoms with Crippen molar-refractivity contribution in [2.75, 3.05) is 26.0 Å². The van der Waals surface area contributed by atoms with Gasteiger partial charge in [0, 0.05) is 24.7 Å². The number of hydrogen-bond donors (Lipinski definition) is 3. The van der Waals surface area contributed by atoms with E-state index in [2.05, 4.69) is 16.0 Å². The Balaban J connectivity index is 1.53. The smallest absolute Gasteiger partial charge is 0.315 e. The topological polar surface area (TPSA) is 73.5 Å². The molecule has 3 N–H and O–H groups in total. The van der Waals surface area contributed by atoms with Crippen LogP contribution in [0.4, 0.5) is 10.5 Å². The predicted octanol–water partition coefficient (Wildman–Crippen LogP) is 3.53. The van der Waals surface area contributed by atoms with Crippen LogP contribution < -0.4 is 16.0 Å². The summed E-state index contributed by atoms with van der Waals surface area (Å²) in [6, 6.07) is 17.2. The van der Waals surface area contributed by atoms with Crippen LogP contribution in [-0.2, 0) is 11.3 Å². The summed E-state index contributed by atoms with van der Waals surface area (Å²) in [7, 11) is 3.97. The van der Waals surface area contributed by atoms with Crippen molar-refractivity contribution < 1.29 is 9.59 Å². The molecule has 29 heavy (non-hydrogen) atoms. The number of nitrogens with one attached hydrogen (secondary N) is 3. The number of urea groups is 1. The van der Waals surface area contributed by atoms with Gasteiger partial charge in [-0.25, -0.2) is 4.79 Å². The van der Waals surface area contributed by atoms with Crippen LogP contribution in [0, 0.1) is 5.92 Å². The van der Waals surface area contributed by atoms with Crippen molar-refractivity contribution in [2.45, 2.75) is 31.8 Å². The van der Waals surface area contributed by atoms with Crippen molar-refractivity contribution in [3.05, 3.63) is 65.7 Å². The van der Waals surface area contributed by atoms with Gasteiger partial charge in [-0.1, -0.05) is 48.9 Å². The van der Waals surface area contributed by atoms with Gasteiger partial charge in [-0.05, 0) is 50.2 Å². The Bertz CT molecular complexity index is 819. The minimum Gasteiger partial charge on any atom is -0.334 e. The van der Waals surface area contributed by atoms with E-state index in [-0.39, 0.29) is 23.9 Å². The molecule has 0 aromatic heterocycles. The molecule has 0 spiro atoms. The zero-order valence-electron chi connectivity index (χ0n) is 17.2. The number of likely N-dealkylation sites (N-methyl/N-ethyl adjacent to an activating group) is 1. The van der Waals surface area contributed by atoms with Gasteiger partial charge in [0.25, 0.3) is 0 Å². The van der Waals surface area contributed by atoms with E-state index in [1.165, 1.54) is 0 Å². The first kappa shape index (κ1) is 20.9. The molecule has 1 aliphatic carbocycles. The van der Waals surface area contributed by atoms with E-state index in [1.54, 1.807) is 0 Å². The molecule has 6 nitrogen and oxygen atoms in total. The Morgan fingerprint density at radius 2 is 1.83 bits per heavy atom. The number of carbonyl (C=O) groups is 2. The molecule has 2 aromatic rings. The maximum absolute atomic E-state index is 12.5. The number of anilines is 1. The summed E-state index contributed by atoms with van der Waals surface area (Å²) in [6.45, 7) is 1.10. The van der Waals surface area contributed by atoms with E-state index in [4.69, 9.17) is 0 Å². The highest BCUT2D eigenvalue weighted by Gasteiger charge is 2.25. The SMILES string of the molecule is CN(C)CC(NC(=O)NCc1cccc(NC(=O)C2CCC2)c1)c1ccccc1. The number of rotatable bonds is 8. The Morgan fingerprint density at radius 3 is 2.48 bits per heavy atom. The standard InChI is InChI=1S/C23H30N4O2/c1-27(2)16-21(18-9-4-3-5-10-18)26-23(29)24-15-17-8-6-13-20(14-17)25-22(28)19-11-7-12-19/h3-6,8-10,13-14,19,21H,7,11-12,15-16H2,1-2H3,(H,25,28)(H2,24,26,29). The lowest BCUT2D eigenvalue weighted by Gasteiger charge is -2.24. The van der Waals surface area contributed by atoms with Gasteiger partial charge < -0.3 is 20.9 Å². The quantitative estimate of drug-likeness (QED) is 0.641. The normalized spacial score (nSPS) is 14.7. The van der Waals surface area contributed by atoms with Gasteiger partial charge in [-0.2, -0.15) is 0 Å². The molecule has 0 heterocycles. The van der Waals surface area contributed by atoms with Crippen LogP contribution in [-0.4, -0.2) is 37.5 Å². The number of nitrogens with zero attached hydrogens (tertiary/aromatic N) is 1. The average Bonchev–Trinajstić information content (AvgIpc) is 2.65. The highest BCUT2D eigenvalue weighted by Crippen LogP contribution is 2.27. The molecule has 1 saturated carbocycles. The first-order valence-corrected chi connectivity index (χ1v) is 10.1. The van der Waals surface area contributed by atoms with E-state index < -0.39 is 0 Å². The lowest BCUT2D eigenvalue weighted by molar-refractivity contribution is -0.122. The lowest BCUT2D eigenvalue weighted by atomic mass is 9.85. The summed E-state index contributed by atoms with van der Waals surface area (Å²) in [5.41, 5.74) is 2.78. The van der Waals surface area contributed by atoms with Gasteiger partial charge in [0.2, 0.25) is 5.91 Å². The summed E-state index contributed by atoms with van der Waals surface area (Å²) in [5.74, 6) is 0.239. The molecule has 0 bridgehead atoms. The molecule has 0 aliphatic heterocycles. The van der Waals surface area contributed by atoms with Crippen molar-refractivity contribution in [1.82, 2.24) is 15.5 Å². The van der Waals surface area contributed by atoms with Gasteiger partial charge >= 0.3 is 6.03 Å². The first-order chi connectivity index (χ1) is 14.0. The van der Waals surface area contributed by atoms with Crippen LogP contribution in [0.1, 0.15) is 36.4 Å². The van der Waals surface area contributed by atoms with Gasteiger partial charge in [-0.3, -0.25) is 4.79 Å². The first-order valence-electron chi connectivity index (χ1n) is 10.1. The predicted molar refractivity (Wildman–Crippen MR) is 116 cm³/mol. The van der Waals surface area contributed by atoms with Crippen LogP contribution in [0.25, 0.3) is 0 Å². The van der Waals surface area contributed by atoms with Crippen molar-refractivity contribution in [3.63, 3.8) is 0 Å². The maximum atomic E-state index is 12.5. The molecule has 3 rings (SSSR count). The lowest BCUT2D eigenvalue weighted by Crippen LogP contribution is -2.41. The Morgan fingerprint density at radius 1 is 1.07 bits per heavy atom. The molecule has 154 valence electrons. The van der Waals surface area contributed by atoms with Crippen molar-refractivity contribution in [3.8, 4) is 0 Å². The largest absolute Gasteiger partial charge is 0.334 e. The molecule has 0 saturated heterocycles. The molecule has 3 amide bonds. The summed E-state index contributed by atoms with van der Waals surface area (Å²) >= 11 is 0. The summed E-state index contributed by atoms with van der Waals surface area (Å²) < 4.78 is 0. The minimum absolute atomic E-state index is 0.0912. The van der Waals surface area contributed by atoms with E-state index in [1.807, 2.05) is 73.6 Å². The molecule has 1 atom stereocenters. The monoisotopic (exact) mass is 394 g/mol. The summed E-state index contributed by atoms with van der Waals surface area (Å²) in [4.78, 5) is 26.6.